The van der Waals surface area contributed by atoms with Gasteiger partial charge in [0, 0.05) is 24.0 Å². The van der Waals surface area contributed by atoms with Gasteiger partial charge in [-0.1, -0.05) is 13.0 Å². The summed E-state index contributed by atoms with van der Waals surface area (Å²) in [6.07, 6.45) is 1.74. The van der Waals surface area contributed by atoms with Crippen molar-refractivity contribution in [3.8, 4) is 0 Å². The fraction of sp³-hybridized carbons (Fsp3) is 0.231. The van der Waals surface area contributed by atoms with Gasteiger partial charge in [-0.25, -0.2) is 9.37 Å². The van der Waals surface area contributed by atoms with Gasteiger partial charge in [0.1, 0.15) is 5.82 Å². The number of nitrogens with zero attached hydrogens (tertiary/aromatic N) is 1. The maximum Gasteiger partial charge on any atom is 0.252 e. The molecule has 0 aliphatic rings. The minimum Gasteiger partial charge on any atom is -0.351 e. The number of halogens is 2. The summed E-state index contributed by atoms with van der Waals surface area (Å²) in [7, 11) is 0. The minimum atomic E-state index is -0.444. The first kappa shape index (κ1) is 14.1. The zero-order valence-electron chi connectivity index (χ0n) is 10.2. The Morgan fingerprint density at radius 3 is 3.05 bits per heavy atom. The van der Waals surface area contributed by atoms with Crippen LogP contribution < -0.4 is 5.32 Å². The van der Waals surface area contributed by atoms with E-state index in [1.165, 1.54) is 12.1 Å². The summed E-state index contributed by atoms with van der Waals surface area (Å²) in [4.78, 5) is 16.2. The van der Waals surface area contributed by atoms with Crippen molar-refractivity contribution in [2.24, 2.45) is 0 Å². The fourth-order valence-electron chi connectivity index (χ4n) is 1.59. The number of carbonyl (C=O) groups excluding carboxylic acids is 1. The summed E-state index contributed by atoms with van der Waals surface area (Å²) in [5.74, 6) is -0.605. The molecule has 0 saturated heterocycles. The van der Waals surface area contributed by atoms with Crippen molar-refractivity contribution in [2.45, 2.75) is 12.8 Å². The van der Waals surface area contributed by atoms with Crippen LogP contribution in [-0.4, -0.2) is 17.4 Å². The second-order valence-electron chi connectivity index (χ2n) is 4.08. The molecule has 19 heavy (non-hydrogen) atoms. The van der Waals surface area contributed by atoms with Gasteiger partial charge in [-0.3, -0.25) is 4.79 Å². The number of benzene rings is 1. The van der Waals surface area contributed by atoms with E-state index in [0.29, 0.717) is 12.1 Å². The number of rotatable bonds is 4. The third kappa shape index (κ3) is 3.39. The van der Waals surface area contributed by atoms with Crippen LogP contribution in [0.25, 0.3) is 0 Å². The molecule has 0 bridgehead atoms. The standard InChI is InChI=1S/C13H12BrFN2OS/c1-8(13-16-5-6-19-13)7-17-12(18)9-3-2-4-10(15)11(9)14/h2-6,8H,7H2,1H3,(H,17,18). The summed E-state index contributed by atoms with van der Waals surface area (Å²) < 4.78 is 13.5. The van der Waals surface area contributed by atoms with Crippen LogP contribution in [0.2, 0.25) is 0 Å². The van der Waals surface area contributed by atoms with Crippen LogP contribution in [0.5, 0.6) is 0 Å². The van der Waals surface area contributed by atoms with Gasteiger partial charge in [0.2, 0.25) is 0 Å². The van der Waals surface area contributed by atoms with Crippen molar-refractivity contribution in [3.63, 3.8) is 0 Å². The van der Waals surface area contributed by atoms with Crippen LogP contribution in [-0.2, 0) is 0 Å². The molecule has 1 aromatic carbocycles. The lowest BCUT2D eigenvalue weighted by atomic mass is 10.1. The molecule has 1 N–H and O–H groups in total. The largest absolute Gasteiger partial charge is 0.351 e. The molecule has 1 atom stereocenters. The third-order valence-corrected chi connectivity index (χ3v) is 4.45. The lowest BCUT2D eigenvalue weighted by molar-refractivity contribution is 0.0950. The fourth-order valence-corrected chi connectivity index (χ4v) is 2.73. The van der Waals surface area contributed by atoms with Gasteiger partial charge in [0.25, 0.3) is 5.91 Å². The van der Waals surface area contributed by atoms with Crippen LogP contribution in [0.4, 0.5) is 4.39 Å². The van der Waals surface area contributed by atoms with Crippen molar-refractivity contribution in [1.29, 1.82) is 0 Å². The van der Waals surface area contributed by atoms with E-state index in [-0.39, 0.29) is 16.3 Å². The highest BCUT2D eigenvalue weighted by Crippen LogP contribution is 2.21. The first-order chi connectivity index (χ1) is 9.09. The first-order valence-electron chi connectivity index (χ1n) is 5.71. The summed E-state index contributed by atoms with van der Waals surface area (Å²) in [5.41, 5.74) is 0.298. The maximum atomic E-state index is 13.3. The summed E-state index contributed by atoms with van der Waals surface area (Å²) in [6.45, 7) is 2.45. The monoisotopic (exact) mass is 342 g/mol. The van der Waals surface area contributed by atoms with E-state index < -0.39 is 5.82 Å². The SMILES string of the molecule is CC(CNC(=O)c1cccc(F)c1Br)c1nccs1. The Morgan fingerprint density at radius 1 is 1.58 bits per heavy atom. The molecule has 100 valence electrons. The van der Waals surface area contributed by atoms with Gasteiger partial charge in [-0.2, -0.15) is 0 Å². The van der Waals surface area contributed by atoms with E-state index in [4.69, 9.17) is 0 Å². The van der Waals surface area contributed by atoms with Crippen molar-refractivity contribution in [2.75, 3.05) is 6.54 Å². The molecular formula is C13H12BrFN2OS. The Balaban J connectivity index is 2.00. The van der Waals surface area contributed by atoms with E-state index in [1.54, 1.807) is 23.6 Å². The molecule has 0 aliphatic carbocycles. The highest BCUT2D eigenvalue weighted by atomic mass is 79.9. The van der Waals surface area contributed by atoms with Crippen LogP contribution in [0, 0.1) is 5.82 Å². The Bertz CT molecular complexity index is 574. The van der Waals surface area contributed by atoms with Crippen molar-refractivity contribution < 1.29 is 9.18 Å². The van der Waals surface area contributed by atoms with Gasteiger partial charge >= 0.3 is 0 Å². The van der Waals surface area contributed by atoms with Gasteiger partial charge in [-0.15, -0.1) is 11.3 Å². The van der Waals surface area contributed by atoms with Crippen LogP contribution in [0.3, 0.4) is 0 Å². The zero-order valence-corrected chi connectivity index (χ0v) is 12.6. The van der Waals surface area contributed by atoms with Gasteiger partial charge < -0.3 is 5.32 Å². The Morgan fingerprint density at radius 2 is 2.37 bits per heavy atom. The molecule has 2 aromatic rings. The topological polar surface area (TPSA) is 42.0 Å². The average molecular weight is 343 g/mol. The smallest absolute Gasteiger partial charge is 0.252 e. The molecule has 3 nitrogen and oxygen atoms in total. The molecule has 1 unspecified atom stereocenters. The van der Waals surface area contributed by atoms with Crippen LogP contribution in [0.15, 0.2) is 34.2 Å². The summed E-state index contributed by atoms with van der Waals surface area (Å²) in [6, 6.07) is 4.40. The number of amides is 1. The van der Waals surface area contributed by atoms with Crippen LogP contribution in [0.1, 0.15) is 28.2 Å². The predicted octanol–water partition coefficient (Wildman–Crippen LogP) is 3.58. The number of thiazole rings is 1. The number of nitrogens with one attached hydrogen (secondary N) is 1. The molecule has 1 aromatic heterocycles. The molecule has 2 rings (SSSR count). The van der Waals surface area contributed by atoms with E-state index in [9.17, 15) is 9.18 Å². The molecule has 1 amide bonds. The minimum absolute atomic E-state index is 0.135. The predicted molar refractivity (Wildman–Crippen MR) is 77.0 cm³/mol. The van der Waals surface area contributed by atoms with Gasteiger partial charge in [0.15, 0.2) is 0 Å². The lowest BCUT2D eigenvalue weighted by Crippen LogP contribution is -2.27. The maximum absolute atomic E-state index is 13.3. The quantitative estimate of drug-likeness (QED) is 0.922. The van der Waals surface area contributed by atoms with E-state index in [2.05, 4.69) is 26.2 Å². The molecule has 0 aliphatic heterocycles. The Kier molecular flexibility index (Phi) is 4.66. The lowest BCUT2D eigenvalue weighted by Gasteiger charge is -2.11. The first-order valence-corrected chi connectivity index (χ1v) is 7.38. The van der Waals surface area contributed by atoms with E-state index in [0.717, 1.165) is 5.01 Å². The third-order valence-electron chi connectivity index (χ3n) is 2.64. The zero-order chi connectivity index (χ0) is 13.8. The molecule has 1 heterocycles. The summed E-state index contributed by atoms with van der Waals surface area (Å²) in [5, 5.41) is 5.66. The van der Waals surface area contributed by atoms with Gasteiger partial charge in [-0.05, 0) is 28.1 Å². The molecule has 6 heteroatoms. The van der Waals surface area contributed by atoms with Crippen molar-refractivity contribution in [1.82, 2.24) is 10.3 Å². The molecule has 0 fully saturated rings. The van der Waals surface area contributed by atoms with Crippen molar-refractivity contribution >= 4 is 33.2 Å². The second kappa shape index (κ2) is 6.25. The second-order valence-corrected chi connectivity index (χ2v) is 5.80. The number of aromatic nitrogens is 1. The van der Waals surface area contributed by atoms with Crippen molar-refractivity contribution in [3.05, 3.63) is 50.6 Å². The summed E-state index contributed by atoms with van der Waals surface area (Å²) >= 11 is 4.63. The molecule has 0 saturated carbocycles. The number of hydrogen-bond acceptors (Lipinski definition) is 3. The van der Waals surface area contributed by atoms with E-state index >= 15 is 0 Å². The molecule has 0 spiro atoms. The highest BCUT2D eigenvalue weighted by molar-refractivity contribution is 9.10. The normalized spacial score (nSPS) is 12.2. The number of hydrogen-bond donors (Lipinski definition) is 1. The molecule has 0 radical (unpaired) electrons. The van der Waals surface area contributed by atoms with Gasteiger partial charge in [0.05, 0.1) is 15.0 Å². The Hall–Kier alpha value is -1.27. The molecular weight excluding hydrogens is 331 g/mol. The average Bonchev–Trinajstić information content (AvgIpc) is 2.93. The van der Waals surface area contributed by atoms with Crippen LogP contribution >= 0.6 is 27.3 Å². The Labute approximate surface area is 123 Å². The highest BCUT2D eigenvalue weighted by Gasteiger charge is 2.15. The number of carbonyl (C=O) groups is 1. The van der Waals surface area contributed by atoms with E-state index in [1.807, 2.05) is 12.3 Å².